The van der Waals surface area contributed by atoms with E-state index in [9.17, 15) is 28.9 Å². The highest BCUT2D eigenvalue weighted by Gasteiger charge is 2.28. The molecule has 0 aliphatic rings. The maximum Gasteiger partial charge on any atom is 0.472 e. The van der Waals surface area contributed by atoms with Gasteiger partial charge in [-0.1, -0.05) is 174 Å². The highest BCUT2D eigenvalue weighted by Crippen LogP contribution is 2.43. The predicted molar refractivity (Wildman–Crippen MR) is 233 cm³/mol. The molecule has 2 N–H and O–H groups in total. The first-order chi connectivity index (χ1) is 28.2. The Labute approximate surface area is 354 Å². The number of carbonyl (C=O) groups excluding carboxylic acids is 3. The fourth-order valence-corrected chi connectivity index (χ4v) is 7.31. The molecule has 12 heteroatoms. The number of phosphoric acid groups is 1. The molecule has 0 saturated carbocycles. The van der Waals surface area contributed by atoms with Crippen LogP contribution in [0.1, 0.15) is 226 Å². The van der Waals surface area contributed by atoms with Crippen molar-refractivity contribution in [1.82, 2.24) is 0 Å². The molecular formula is C46H87O11P. The Morgan fingerprint density at radius 1 is 0.466 bits per heavy atom. The number of aliphatic hydroxyl groups excluding tert-OH is 1. The van der Waals surface area contributed by atoms with Crippen LogP contribution in [0.15, 0.2) is 12.2 Å². The maximum atomic E-state index is 12.7. The molecule has 0 heterocycles. The van der Waals surface area contributed by atoms with Crippen molar-refractivity contribution in [2.75, 3.05) is 26.4 Å². The summed E-state index contributed by atoms with van der Waals surface area (Å²) in [6.45, 7) is 4.56. The quantitative estimate of drug-likeness (QED) is 0.0198. The molecule has 11 nitrogen and oxygen atoms in total. The van der Waals surface area contributed by atoms with Crippen LogP contribution in [0.25, 0.3) is 0 Å². The fourth-order valence-electron chi connectivity index (χ4n) is 6.53. The van der Waals surface area contributed by atoms with E-state index in [1.807, 2.05) is 0 Å². The number of rotatable bonds is 44. The van der Waals surface area contributed by atoms with E-state index in [2.05, 4.69) is 32.9 Å². The minimum atomic E-state index is -4.72. The van der Waals surface area contributed by atoms with E-state index in [1.54, 1.807) is 0 Å². The highest BCUT2D eigenvalue weighted by molar-refractivity contribution is 7.47. The lowest BCUT2D eigenvalue weighted by molar-refractivity contribution is -0.161. The number of hydrogen-bond donors (Lipinski definition) is 2. The van der Waals surface area contributed by atoms with Gasteiger partial charge in [-0.3, -0.25) is 23.4 Å². The third kappa shape index (κ3) is 39.7. The molecule has 0 aliphatic heterocycles. The van der Waals surface area contributed by atoms with E-state index in [4.69, 9.17) is 23.3 Å². The maximum absolute atomic E-state index is 12.7. The average Bonchev–Trinajstić information content (AvgIpc) is 3.20. The number of ether oxygens (including phenoxy) is 3. The number of carbonyl (C=O) groups is 3. The van der Waals surface area contributed by atoms with Crippen LogP contribution < -0.4 is 0 Å². The monoisotopic (exact) mass is 847 g/mol. The summed E-state index contributed by atoms with van der Waals surface area (Å²) < 4.78 is 39.1. The van der Waals surface area contributed by atoms with Crippen molar-refractivity contribution in [3.05, 3.63) is 12.2 Å². The summed E-state index contributed by atoms with van der Waals surface area (Å²) in [5.74, 6) is -1.47. The largest absolute Gasteiger partial charge is 0.472 e. The summed E-state index contributed by atoms with van der Waals surface area (Å²) >= 11 is 0. The molecule has 3 atom stereocenters. The predicted octanol–water partition coefficient (Wildman–Crippen LogP) is 12.6. The van der Waals surface area contributed by atoms with Crippen LogP contribution in [0.2, 0.25) is 0 Å². The summed E-state index contributed by atoms with van der Waals surface area (Å²) in [4.78, 5) is 47.9. The van der Waals surface area contributed by atoms with Gasteiger partial charge in [0, 0.05) is 19.3 Å². The number of aliphatic hydroxyl groups is 1. The zero-order valence-electron chi connectivity index (χ0n) is 37.3. The molecule has 0 amide bonds. The van der Waals surface area contributed by atoms with Gasteiger partial charge in [-0.2, -0.15) is 0 Å². The SMILES string of the molecule is CCCCCC/C=C\CCCCCCCC(=O)OCC(COP(=O)(O)OCC(CO)OC(=O)CCCCCCCCCCC)OC(=O)CCCCCCCCCCC. The zero-order chi connectivity index (χ0) is 42.8. The van der Waals surface area contributed by atoms with Crippen molar-refractivity contribution >= 4 is 25.7 Å². The summed E-state index contributed by atoms with van der Waals surface area (Å²) in [7, 11) is -4.72. The van der Waals surface area contributed by atoms with Gasteiger partial charge in [-0.25, -0.2) is 4.57 Å². The Bertz CT molecular complexity index is 1040. The topological polar surface area (TPSA) is 155 Å². The first-order valence-corrected chi connectivity index (χ1v) is 25.1. The van der Waals surface area contributed by atoms with Gasteiger partial charge in [-0.15, -0.1) is 0 Å². The second-order valence-corrected chi connectivity index (χ2v) is 17.4. The molecular weight excluding hydrogens is 759 g/mol. The average molecular weight is 847 g/mol. The number of hydrogen-bond acceptors (Lipinski definition) is 10. The van der Waals surface area contributed by atoms with Gasteiger partial charge in [0.05, 0.1) is 19.8 Å². The van der Waals surface area contributed by atoms with Crippen molar-refractivity contribution in [2.45, 2.75) is 238 Å². The van der Waals surface area contributed by atoms with E-state index in [-0.39, 0.29) is 25.9 Å². The van der Waals surface area contributed by atoms with E-state index in [0.29, 0.717) is 19.3 Å². The minimum Gasteiger partial charge on any atom is -0.462 e. The molecule has 0 saturated heterocycles. The lowest BCUT2D eigenvalue weighted by Gasteiger charge is -2.21. The number of phosphoric ester groups is 1. The van der Waals surface area contributed by atoms with Gasteiger partial charge >= 0.3 is 25.7 Å². The minimum absolute atomic E-state index is 0.172. The Hall–Kier alpha value is -1.78. The summed E-state index contributed by atoms with van der Waals surface area (Å²) in [5.41, 5.74) is 0. The third-order valence-corrected chi connectivity index (χ3v) is 11.1. The van der Waals surface area contributed by atoms with Gasteiger partial charge in [-0.05, 0) is 44.9 Å². The molecule has 0 aromatic carbocycles. The standard InChI is InChI=1S/C46H87O11P/c1-4-7-10-13-16-19-20-21-22-25-26-29-32-35-44(48)53-39-43(57-46(50)37-34-31-28-24-18-15-12-9-6-3)41-55-58(51,52)54-40-42(38-47)56-45(49)36-33-30-27-23-17-14-11-8-5-2/h19-20,42-43,47H,4-18,21-41H2,1-3H3,(H,51,52)/b20-19-. The van der Waals surface area contributed by atoms with E-state index in [1.165, 1.54) is 89.9 Å². The molecule has 0 bridgehead atoms. The molecule has 342 valence electrons. The van der Waals surface area contributed by atoms with Crippen molar-refractivity contribution in [3.63, 3.8) is 0 Å². The molecule has 0 fully saturated rings. The van der Waals surface area contributed by atoms with Crippen LogP contribution >= 0.6 is 7.82 Å². The van der Waals surface area contributed by atoms with Gasteiger partial charge in [0.2, 0.25) is 0 Å². The summed E-state index contributed by atoms with van der Waals surface area (Å²) in [5, 5.41) is 9.70. The first-order valence-electron chi connectivity index (χ1n) is 23.6. The van der Waals surface area contributed by atoms with Crippen molar-refractivity contribution in [2.24, 2.45) is 0 Å². The Balaban J connectivity index is 4.72. The Morgan fingerprint density at radius 3 is 1.21 bits per heavy atom. The second-order valence-electron chi connectivity index (χ2n) is 15.9. The summed E-state index contributed by atoms with van der Waals surface area (Å²) in [6.07, 6.45) is 34.9. The number of unbranched alkanes of at least 4 members (excludes halogenated alkanes) is 25. The summed E-state index contributed by atoms with van der Waals surface area (Å²) in [6, 6.07) is 0. The van der Waals surface area contributed by atoms with Gasteiger partial charge in [0.1, 0.15) is 12.7 Å². The normalized spacial score (nSPS) is 13.7. The smallest absolute Gasteiger partial charge is 0.462 e. The van der Waals surface area contributed by atoms with Crippen molar-refractivity contribution in [1.29, 1.82) is 0 Å². The molecule has 0 aliphatic carbocycles. The van der Waals surface area contributed by atoms with Crippen LogP contribution in [0.4, 0.5) is 0 Å². The molecule has 0 rings (SSSR count). The van der Waals surface area contributed by atoms with Crippen LogP contribution in [-0.2, 0) is 42.2 Å². The van der Waals surface area contributed by atoms with Gasteiger partial charge in [0.15, 0.2) is 6.10 Å². The van der Waals surface area contributed by atoms with Crippen LogP contribution in [0, 0.1) is 0 Å². The lowest BCUT2D eigenvalue weighted by Crippen LogP contribution is -2.30. The van der Waals surface area contributed by atoms with Crippen molar-refractivity contribution in [3.8, 4) is 0 Å². The Morgan fingerprint density at radius 2 is 0.793 bits per heavy atom. The second kappa shape index (κ2) is 41.9. The molecule has 0 spiro atoms. The molecule has 0 aromatic heterocycles. The van der Waals surface area contributed by atoms with Gasteiger partial charge in [0.25, 0.3) is 0 Å². The van der Waals surface area contributed by atoms with Crippen LogP contribution in [0.3, 0.4) is 0 Å². The lowest BCUT2D eigenvalue weighted by atomic mass is 10.1. The molecule has 0 radical (unpaired) electrons. The first kappa shape index (κ1) is 56.2. The van der Waals surface area contributed by atoms with Crippen molar-refractivity contribution < 1.29 is 52.2 Å². The highest BCUT2D eigenvalue weighted by atomic mass is 31.2. The van der Waals surface area contributed by atoms with Gasteiger partial charge < -0.3 is 24.2 Å². The Kier molecular flexibility index (Phi) is 40.6. The molecule has 3 unspecified atom stereocenters. The fraction of sp³-hybridized carbons (Fsp3) is 0.891. The van der Waals surface area contributed by atoms with Crippen LogP contribution in [-0.4, -0.2) is 66.5 Å². The number of allylic oxidation sites excluding steroid dienone is 2. The van der Waals surface area contributed by atoms with E-state index < -0.39 is 57.8 Å². The third-order valence-electron chi connectivity index (χ3n) is 10.2. The van der Waals surface area contributed by atoms with E-state index in [0.717, 1.165) is 77.0 Å². The number of esters is 3. The van der Waals surface area contributed by atoms with E-state index >= 15 is 0 Å². The molecule has 58 heavy (non-hydrogen) atoms. The zero-order valence-corrected chi connectivity index (χ0v) is 38.2. The van der Waals surface area contributed by atoms with Crippen LogP contribution in [0.5, 0.6) is 0 Å². The molecule has 0 aromatic rings.